The second-order valence-electron chi connectivity index (χ2n) is 6.58. The van der Waals surface area contributed by atoms with Crippen LogP contribution in [-0.4, -0.2) is 87.8 Å². The SMILES string of the molecule is CC1C(O)[C@H](O)C(CO)O[C@H]1O[C@@H]1C(CO)O[C@@H](C)C(C)C1O. The minimum atomic E-state index is -1.21. The van der Waals surface area contributed by atoms with Crippen molar-refractivity contribution in [3.05, 3.63) is 0 Å². The monoisotopic (exact) mass is 336 g/mol. The van der Waals surface area contributed by atoms with E-state index in [1.807, 2.05) is 13.8 Å². The van der Waals surface area contributed by atoms with Crippen molar-refractivity contribution in [2.24, 2.45) is 11.8 Å². The Morgan fingerprint density at radius 1 is 0.783 bits per heavy atom. The summed E-state index contributed by atoms with van der Waals surface area (Å²) in [5.74, 6) is -0.778. The zero-order chi connectivity index (χ0) is 17.3. The molecule has 23 heavy (non-hydrogen) atoms. The van der Waals surface area contributed by atoms with Gasteiger partial charge < -0.3 is 39.7 Å². The lowest BCUT2D eigenvalue weighted by molar-refractivity contribution is -0.325. The standard InChI is InChI=1S/C15H28O8/c1-6-8(3)21-10(5-17)14(12(6)19)23-15-7(2)11(18)13(20)9(4-16)22-15/h6-20H,4-5H2,1-3H3/t6?,7?,8-,9?,10?,11?,12?,13+,14+,15-/m0/s1. The zero-order valence-corrected chi connectivity index (χ0v) is 13.6. The van der Waals surface area contributed by atoms with E-state index >= 15 is 0 Å². The van der Waals surface area contributed by atoms with Gasteiger partial charge in [-0.1, -0.05) is 13.8 Å². The molecular formula is C15H28O8. The van der Waals surface area contributed by atoms with Gasteiger partial charge in [-0.3, -0.25) is 0 Å². The fraction of sp³-hybridized carbons (Fsp3) is 1.00. The van der Waals surface area contributed by atoms with Gasteiger partial charge in [0, 0.05) is 11.8 Å². The molecule has 0 saturated carbocycles. The van der Waals surface area contributed by atoms with Gasteiger partial charge in [0.15, 0.2) is 6.29 Å². The molecule has 5 N–H and O–H groups in total. The molecular weight excluding hydrogens is 308 g/mol. The Labute approximate surface area is 135 Å². The van der Waals surface area contributed by atoms with Crippen LogP contribution in [0.3, 0.4) is 0 Å². The number of ether oxygens (including phenoxy) is 3. The summed E-state index contributed by atoms with van der Waals surface area (Å²) in [4.78, 5) is 0. The minimum absolute atomic E-state index is 0.203. The first-order valence-electron chi connectivity index (χ1n) is 8.04. The predicted molar refractivity (Wildman–Crippen MR) is 78.4 cm³/mol. The van der Waals surface area contributed by atoms with E-state index in [1.165, 1.54) is 0 Å². The summed E-state index contributed by atoms with van der Waals surface area (Å²) >= 11 is 0. The molecule has 2 saturated heterocycles. The van der Waals surface area contributed by atoms with E-state index in [9.17, 15) is 25.5 Å². The van der Waals surface area contributed by atoms with Gasteiger partial charge >= 0.3 is 0 Å². The summed E-state index contributed by atoms with van der Waals surface area (Å²) in [7, 11) is 0. The first-order chi connectivity index (χ1) is 10.8. The lowest BCUT2D eigenvalue weighted by atomic mass is 9.88. The maximum Gasteiger partial charge on any atom is 0.163 e. The second kappa shape index (κ2) is 7.71. The highest BCUT2D eigenvalue weighted by Crippen LogP contribution is 2.33. The van der Waals surface area contributed by atoms with Gasteiger partial charge in [0.2, 0.25) is 0 Å². The van der Waals surface area contributed by atoms with Crippen molar-refractivity contribution in [2.45, 2.75) is 69.8 Å². The molecule has 136 valence electrons. The van der Waals surface area contributed by atoms with Gasteiger partial charge in [-0.25, -0.2) is 0 Å². The lowest BCUT2D eigenvalue weighted by Crippen LogP contribution is -2.60. The molecule has 0 aliphatic carbocycles. The molecule has 0 aromatic heterocycles. The van der Waals surface area contributed by atoms with Crippen molar-refractivity contribution in [1.29, 1.82) is 0 Å². The Bertz CT molecular complexity index is 376. The molecule has 0 bridgehead atoms. The first-order valence-corrected chi connectivity index (χ1v) is 8.04. The average molecular weight is 336 g/mol. The van der Waals surface area contributed by atoms with Crippen molar-refractivity contribution in [3.63, 3.8) is 0 Å². The van der Waals surface area contributed by atoms with Crippen LogP contribution in [0.4, 0.5) is 0 Å². The van der Waals surface area contributed by atoms with Gasteiger partial charge in [0.1, 0.15) is 24.4 Å². The number of aliphatic hydroxyl groups excluding tert-OH is 5. The fourth-order valence-corrected chi connectivity index (χ4v) is 3.12. The van der Waals surface area contributed by atoms with E-state index in [0.29, 0.717) is 0 Å². The zero-order valence-electron chi connectivity index (χ0n) is 13.6. The Morgan fingerprint density at radius 2 is 1.39 bits per heavy atom. The highest BCUT2D eigenvalue weighted by atomic mass is 16.7. The molecule has 10 atom stereocenters. The molecule has 0 radical (unpaired) electrons. The molecule has 2 aliphatic heterocycles. The molecule has 2 rings (SSSR count). The number of hydrogen-bond donors (Lipinski definition) is 5. The Hall–Kier alpha value is -0.320. The van der Waals surface area contributed by atoms with E-state index in [0.717, 1.165) is 0 Å². The summed E-state index contributed by atoms with van der Waals surface area (Å²) in [6, 6.07) is 0. The van der Waals surface area contributed by atoms with Crippen LogP contribution in [0, 0.1) is 11.8 Å². The van der Waals surface area contributed by atoms with E-state index in [2.05, 4.69) is 0 Å². The first kappa shape index (κ1) is 19.0. The van der Waals surface area contributed by atoms with Gasteiger partial charge in [-0.05, 0) is 6.92 Å². The lowest BCUT2D eigenvalue weighted by Gasteiger charge is -2.46. The largest absolute Gasteiger partial charge is 0.394 e. The number of aliphatic hydroxyl groups is 5. The summed E-state index contributed by atoms with van der Waals surface area (Å²) in [5, 5.41) is 49.1. The van der Waals surface area contributed by atoms with E-state index < -0.39 is 55.4 Å². The van der Waals surface area contributed by atoms with Crippen LogP contribution in [0.5, 0.6) is 0 Å². The topological polar surface area (TPSA) is 129 Å². The molecule has 2 heterocycles. The number of rotatable bonds is 4. The van der Waals surface area contributed by atoms with Crippen LogP contribution in [0.15, 0.2) is 0 Å². The van der Waals surface area contributed by atoms with Crippen LogP contribution >= 0.6 is 0 Å². The predicted octanol–water partition coefficient (Wildman–Crippen LogP) is -1.78. The summed E-state index contributed by atoms with van der Waals surface area (Å²) in [6.07, 6.45) is -6.91. The van der Waals surface area contributed by atoms with Gasteiger partial charge in [0.25, 0.3) is 0 Å². The van der Waals surface area contributed by atoms with Gasteiger partial charge in [-0.15, -0.1) is 0 Å². The normalized spacial score (nSPS) is 51.7. The molecule has 8 nitrogen and oxygen atoms in total. The molecule has 0 aromatic carbocycles. The third kappa shape index (κ3) is 3.69. The van der Waals surface area contributed by atoms with Crippen molar-refractivity contribution >= 4 is 0 Å². The van der Waals surface area contributed by atoms with Crippen LogP contribution in [0.2, 0.25) is 0 Å². The molecule has 0 spiro atoms. The molecule has 6 unspecified atom stereocenters. The maximum absolute atomic E-state index is 10.4. The molecule has 2 aliphatic rings. The van der Waals surface area contributed by atoms with Crippen LogP contribution in [-0.2, 0) is 14.2 Å². The molecule has 2 fully saturated rings. The van der Waals surface area contributed by atoms with Gasteiger partial charge in [-0.2, -0.15) is 0 Å². The van der Waals surface area contributed by atoms with Crippen LogP contribution in [0.25, 0.3) is 0 Å². The molecule has 0 amide bonds. The highest BCUT2D eigenvalue weighted by molar-refractivity contribution is 4.92. The molecule has 8 heteroatoms. The van der Waals surface area contributed by atoms with Crippen molar-refractivity contribution in [2.75, 3.05) is 13.2 Å². The quantitative estimate of drug-likeness (QED) is 0.408. The fourth-order valence-electron chi connectivity index (χ4n) is 3.12. The second-order valence-corrected chi connectivity index (χ2v) is 6.58. The van der Waals surface area contributed by atoms with Crippen LogP contribution < -0.4 is 0 Å². The third-order valence-electron chi connectivity index (χ3n) is 5.03. The van der Waals surface area contributed by atoms with E-state index in [1.54, 1.807) is 6.92 Å². The smallest absolute Gasteiger partial charge is 0.163 e. The maximum atomic E-state index is 10.4. The Balaban J connectivity index is 2.11. The van der Waals surface area contributed by atoms with Crippen molar-refractivity contribution < 1.29 is 39.7 Å². The Kier molecular flexibility index (Phi) is 6.37. The summed E-state index contributed by atoms with van der Waals surface area (Å²) in [6.45, 7) is 4.48. The summed E-state index contributed by atoms with van der Waals surface area (Å²) < 4.78 is 17.0. The molecule has 0 aromatic rings. The minimum Gasteiger partial charge on any atom is -0.394 e. The average Bonchev–Trinajstić information content (AvgIpc) is 2.55. The van der Waals surface area contributed by atoms with Crippen molar-refractivity contribution in [3.8, 4) is 0 Å². The Morgan fingerprint density at radius 3 is 1.96 bits per heavy atom. The highest BCUT2D eigenvalue weighted by Gasteiger charge is 2.47. The number of hydrogen-bond acceptors (Lipinski definition) is 8. The third-order valence-corrected chi connectivity index (χ3v) is 5.03. The van der Waals surface area contributed by atoms with Crippen LogP contribution in [0.1, 0.15) is 20.8 Å². The summed E-state index contributed by atoms with van der Waals surface area (Å²) in [5.41, 5.74) is 0. The van der Waals surface area contributed by atoms with Gasteiger partial charge in [0.05, 0.1) is 31.5 Å². The van der Waals surface area contributed by atoms with E-state index in [4.69, 9.17) is 14.2 Å². The van der Waals surface area contributed by atoms with Crippen molar-refractivity contribution in [1.82, 2.24) is 0 Å². The van der Waals surface area contributed by atoms with E-state index in [-0.39, 0.29) is 18.6 Å².